The Morgan fingerprint density at radius 2 is 0.886 bits per heavy atom. The van der Waals surface area contributed by atoms with E-state index in [2.05, 4.69) is 21.8 Å². The number of hydrogen-bond donors (Lipinski definition) is 0. The second-order valence-corrected chi connectivity index (χ2v) is 18.5. The molecule has 0 saturated heterocycles. The molecule has 0 radical (unpaired) electrons. The molecule has 0 aliphatic rings. The second-order valence-electron chi connectivity index (χ2n) is 18.5. The van der Waals surface area contributed by atoms with Gasteiger partial charge in [-0.25, -0.2) is 29.6 Å². The topological polar surface area (TPSA) is 113 Å². The van der Waals surface area contributed by atoms with Gasteiger partial charge in [-0.2, -0.15) is 23.7 Å². The average molecular weight is 1020 g/mol. The van der Waals surface area contributed by atoms with E-state index >= 15 is 13.2 Å². The Hall–Kier alpha value is -11.3. The summed E-state index contributed by atoms with van der Waals surface area (Å²) >= 11 is 0. The number of benzene rings is 9. The molecule has 79 heavy (non-hydrogen) atoms. The minimum atomic E-state index is -4.89. The summed E-state index contributed by atoms with van der Waals surface area (Å²) in [5.74, 6) is 0.542. The van der Waals surface area contributed by atoms with Gasteiger partial charge in [0, 0.05) is 55.3 Å². The summed E-state index contributed by atoms with van der Waals surface area (Å²) in [5, 5.41) is 21.7. The first kappa shape index (κ1) is 48.6. The van der Waals surface area contributed by atoms with Gasteiger partial charge in [0.15, 0.2) is 23.0 Å². The number of halogens is 3. The first-order valence-corrected chi connectivity index (χ1v) is 24.8. The molecule has 12 aromatic rings. The van der Waals surface area contributed by atoms with Crippen LogP contribution in [0.4, 0.5) is 24.5 Å². The van der Waals surface area contributed by atoms with Crippen molar-refractivity contribution in [1.29, 1.82) is 10.5 Å². The van der Waals surface area contributed by atoms with Crippen LogP contribution in [-0.4, -0.2) is 24.5 Å². The van der Waals surface area contributed by atoms with Crippen molar-refractivity contribution in [2.45, 2.75) is 6.18 Å². The molecule has 3 heterocycles. The van der Waals surface area contributed by atoms with E-state index in [0.717, 1.165) is 12.1 Å². The van der Waals surface area contributed by atoms with E-state index in [-0.39, 0.29) is 56.8 Å². The smallest absolute Gasteiger partial charge is 0.308 e. The van der Waals surface area contributed by atoms with Crippen LogP contribution in [0.5, 0.6) is 0 Å². The van der Waals surface area contributed by atoms with Gasteiger partial charge in [-0.1, -0.05) is 164 Å². The predicted molar refractivity (Wildman–Crippen MR) is 302 cm³/mol. The van der Waals surface area contributed by atoms with Gasteiger partial charge >= 0.3 is 6.18 Å². The maximum atomic E-state index is 16.1. The van der Waals surface area contributed by atoms with E-state index in [0.29, 0.717) is 83.3 Å². The molecule has 0 saturated carbocycles. The van der Waals surface area contributed by atoms with Crippen LogP contribution in [0.15, 0.2) is 218 Å². The van der Waals surface area contributed by atoms with Crippen molar-refractivity contribution in [3.63, 3.8) is 0 Å². The molecule has 9 aromatic carbocycles. The average Bonchev–Trinajstić information content (AvgIpc) is 3.94. The van der Waals surface area contributed by atoms with Crippen molar-refractivity contribution in [1.82, 2.24) is 24.5 Å². The number of nitriles is 2. The quantitative estimate of drug-likeness (QED) is 0.133. The van der Waals surface area contributed by atoms with E-state index < -0.39 is 11.7 Å². The highest BCUT2D eigenvalue weighted by Crippen LogP contribution is 2.47. The normalized spacial score (nSPS) is 11.2. The Balaban J connectivity index is 1.29. The molecule has 0 aliphatic carbocycles. The highest BCUT2D eigenvalue weighted by molar-refractivity contribution is 6.13. The Kier molecular flexibility index (Phi) is 12.4. The van der Waals surface area contributed by atoms with Gasteiger partial charge in [-0.15, -0.1) is 0 Å². The third-order valence-electron chi connectivity index (χ3n) is 13.8. The van der Waals surface area contributed by atoms with Crippen LogP contribution in [0.3, 0.4) is 0 Å². The molecule has 0 fully saturated rings. The standard InChI is InChI=1S/C67H36F3N9/c1-73-50-26-30-51(48(32-50)40-72)46-24-28-53-54-29-25-47(52-27-23-41(39-71)31-59(52)74-2)34-63(54)79(62(53)33-46)64-55(60-37-57(42-15-7-3-8-16-42)75-65(77-60)44-19-11-5-12-20-44)35-49(67(68,69)70)36-56(64)61-38-58(43-17-9-4-10-18-43)76-66(78-61)45-21-13-6-14-22-45/h3-38H. The van der Waals surface area contributed by atoms with Crippen LogP contribution in [0, 0.1) is 35.8 Å². The molecule has 12 heteroatoms. The zero-order valence-electron chi connectivity index (χ0n) is 41.4. The van der Waals surface area contributed by atoms with Gasteiger partial charge < -0.3 is 4.57 Å². The number of rotatable bonds is 9. The molecular weight excluding hydrogens is 988 g/mol. The fourth-order valence-corrected chi connectivity index (χ4v) is 10.0. The van der Waals surface area contributed by atoms with Crippen LogP contribution in [0.1, 0.15) is 16.7 Å². The summed E-state index contributed by atoms with van der Waals surface area (Å²) in [7, 11) is 0. The first-order valence-electron chi connectivity index (χ1n) is 24.8. The van der Waals surface area contributed by atoms with Gasteiger partial charge in [0.25, 0.3) is 0 Å². The largest absolute Gasteiger partial charge is 0.416 e. The lowest BCUT2D eigenvalue weighted by molar-refractivity contribution is -0.137. The molecule has 0 bridgehead atoms. The molecule has 370 valence electrons. The van der Waals surface area contributed by atoms with Crippen LogP contribution >= 0.6 is 0 Å². The number of nitrogens with zero attached hydrogens (tertiary/aromatic N) is 9. The number of fused-ring (bicyclic) bond motifs is 3. The third kappa shape index (κ3) is 9.15. The molecule has 0 aliphatic heterocycles. The molecule has 0 atom stereocenters. The maximum absolute atomic E-state index is 16.1. The van der Waals surface area contributed by atoms with Crippen molar-refractivity contribution in [2.75, 3.05) is 0 Å². The molecule has 0 unspecified atom stereocenters. The molecule has 0 amide bonds. The molecule has 0 spiro atoms. The highest BCUT2D eigenvalue weighted by Gasteiger charge is 2.35. The third-order valence-corrected chi connectivity index (χ3v) is 13.8. The van der Waals surface area contributed by atoms with E-state index in [4.69, 9.17) is 33.1 Å². The lowest BCUT2D eigenvalue weighted by Gasteiger charge is -2.22. The van der Waals surface area contributed by atoms with Gasteiger partial charge in [-0.3, -0.25) is 0 Å². The lowest BCUT2D eigenvalue weighted by Crippen LogP contribution is -2.10. The summed E-state index contributed by atoms with van der Waals surface area (Å²) in [6.07, 6.45) is -4.89. The Bertz CT molecular complexity index is 4170. The van der Waals surface area contributed by atoms with E-state index in [1.165, 1.54) is 12.1 Å². The lowest BCUT2D eigenvalue weighted by atomic mass is 9.95. The minimum Gasteiger partial charge on any atom is -0.308 e. The van der Waals surface area contributed by atoms with Gasteiger partial charge in [0.2, 0.25) is 0 Å². The molecular formula is C67H36F3N9. The van der Waals surface area contributed by atoms with Crippen molar-refractivity contribution in [3.05, 3.63) is 258 Å². The monoisotopic (exact) mass is 1020 g/mol. The van der Waals surface area contributed by atoms with Crippen molar-refractivity contribution >= 4 is 33.2 Å². The molecule has 0 N–H and O–H groups in total. The van der Waals surface area contributed by atoms with Gasteiger partial charge in [0.05, 0.1) is 70.3 Å². The van der Waals surface area contributed by atoms with Crippen LogP contribution in [0.2, 0.25) is 0 Å². The Morgan fingerprint density at radius 3 is 1.34 bits per heavy atom. The summed E-state index contributed by atoms with van der Waals surface area (Å²) in [6, 6.07) is 68.5. The zero-order chi connectivity index (χ0) is 54.2. The van der Waals surface area contributed by atoms with Crippen molar-refractivity contribution in [2.24, 2.45) is 0 Å². The van der Waals surface area contributed by atoms with E-state index in [9.17, 15) is 10.5 Å². The summed E-state index contributed by atoms with van der Waals surface area (Å²) in [6.45, 7) is 15.9. The van der Waals surface area contributed by atoms with Gasteiger partial charge in [0.1, 0.15) is 0 Å². The number of aromatic nitrogens is 5. The molecule has 3 aromatic heterocycles. The highest BCUT2D eigenvalue weighted by atomic mass is 19.4. The first-order chi connectivity index (χ1) is 38.6. The number of hydrogen-bond acceptors (Lipinski definition) is 6. The Labute approximate surface area is 451 Å². The summed E-state index contributed by atoms with van der Waals surface area (Å²) in [4.78, 5) is 27.8. The fourth-order valence-electron chi connectivity index (χ4n) is 10.0. The van der Waals surface area contributed by atoms with E-state index in [1.54, 1.807) is 36.4 Å². The van der Waals surface area contributed by atoms with Crippen molar-refractivity contribution < 1.29 is 13.2 Å². The number of alkyl halides is 3. The fraction of sp³-hybridized carbons (Fsp3) is 0.0149. The van der Waals surface area contributed by atoms with Crippen LogP contribution in [0.25, 0.3) is 127 Å². The second kappa shape index (κ2) is 20.1. The zero-order valence-corrected chi connectivity index (χ0v) is 41.4. The Morgan fingerprint density at radius 1 is 0.418 bits per heavy atom. The van der Waals surface area contributed by atoms with Crippen LogP contribution in [-0.2, 0) is 6.18 Å². The minimum absolute atomic E-state index is 0.0803. The molecule has 9 nitrogen and oxygen atoms in total. The molecule has 12 rings (SSSR count). The van der Waals surface area contributed by atoms with Crippen molar-refractivity contribution in [3.8, 4) is 108 Å². The summed E-state index contributed by atoms with van der Waals surface area (Å²) in [5.41, 5.74) is 7.81. The maximum Gasteiger partial charge on any atom is 0.416 e. The van der Waals surface area contributed by atoms with E-state index in [1.807, 2.05) is 162 Å². The predicted octanol–water partition coefficient (Wildman–Crippen LogP) is 17.6. The summed E-state index contributed by atoms with van der Waals surface area (Å²) < 4.78 is 50.2. The van der Waals surface area contributed by atoms with Gasteiger partial charge in [-0.05, 0) is 76.9 Å². The SMILES string of the molecule is [C-]#[N+]c1ccc(-c2ccc3c4ccc(-c5ccc(C#N)cc5[N+]#[C-])cc4n(-c4c(-c5cc(-c6ccccc6)nc(-c6ccccc6)n5)cc(C(F)(F)F)cc4-c4cc(-c5ccccc5)nc(-c5ccccc5)n4)c3c2)c(C#N)c1. The van der Waals surface area contributed by atoms with Crippen LogP contribution < -0.4 is 0 Å².